The van der Waals surface area contributed by atoms with Crippen LogP contribution in [0.2, 0.25) is 0 Å². The monoisotopic (exact) mass is 236 g/mol. The van der Waals surface area contributed by atoms with Gasteiger partial charge >= 0.3 is 0 Å². The lowest BCUT2D eigenvalue weighted by Gasteiger charge is -2.22. The highest BCUT2D eigenvalue weighted by Gasteiger charge is 2.24. The minimum Gasteiger partial charge on any atom is -0.384 e. The predicted octanol–water partition coefficient (Wildman–Crippen LogP) is 3.35. The van der Waals surface area contributed by atoms with Crippen LogP contribution in [0.4, 0.5) is 17.1 Å². The fourth-order valence-electron chi connectivity index (χ4n) is 3.17. The number of para-hydroxylation sites is 1. The fourth-order valence-corrected chi connectivity index (χ4v) is 3.17. The summed E-state index contributed by atoms with van der Waals surface area (Å²) in [5.41, 5.74) is 7.05. The standard InChI is InChI=1S/C16H16N2/c1-2-6-15-12(4-1)9-11-18(15)16-7-3-5-14-13(16)8-10-17-14/h1-7,17H,8-11H2. The second kappa shape index (κ2) is 3.77. The quantitative estimate of drug-likeness (QED) is 0.817. The summed E-state index contributed by atoms with van der Waals surface area (Å²) in [4.78, 5) is 2.47. The molecule has 2 nitrogen and oxygen atoms in total. The first-order valence-corrected chi connectivity index (χ1v) is 6.65. The largest absolute Gasteiger partial charge is 0.384 e. The lowest BCUT2D eigenvalue weighted by Crippen LogP contribution is -2.14. The lowest BCUT2D eigenvalue weighted by atomic mass is 10.1. The highest BCUT2D eigenvalue weighted by atomic mass is 15.2. The molecule has 2 aliphatic heterocycles. The first kappa shape index (κ1) is 10.0. The lowest BCUT2D eigenvalue weighted by molar-refractivity contribution is 0.984. The molecule has 2 heterocycles. The van der Waals surface area contributed by atoms with Crippen molar-refractivity contribution < 1.29 is 0 Å². The molecule has 0 saturated heterocycles. The first-order chi connectivity index (χ1) is 8.93. The van der Waals surface area contributed by atoms with Gasteiger partial charge in [0.1, 0.15) is 0 Å². The molecule has 0 amide bonds. The summed E-state index contributed by atoms with van der Waals surface area (Å²) in [7, 11) is 0. The maximum Gasteiger partial charge on any atom is 0.0464 e. The summed E-state index contributed by atoms with van der Waals surface area (Å²) in [5, 5.41) is 3.46. The number of anilines is 3. The van der Waals surface area contributed by atoms with E-state index in [-0.39, 0.29) is 0 Å². The van der Waals surface area contributed by atoms with Crippen molar-refractivity contribution in [2.24, 2.45) is 0 Å². The van der Waals surface area contributed by atoms with E-state index in [0.717, 1.165) is 25.9 Å². The molecule has 2 heteroatoms. The van der Waals surface area contributed by atoms with E-state index < -0.39 is 0 Å². The molecule has 2 aromatic carbocycles. The van der Waals surface area contributed by atoms with Crippen molar-refractivity contribution in [1.82, 2.24) is 0 Å². The summed E-state index contributed by atoms with van der Waals surface area (Å²) in [6, 6.07) is 15.4. The van der Waals surface area contributed by atoms with Gasteiger partial charge in [0.15, 0.2) is 0 Å². The van der Waals surface area contributed by atoms with Crippen LogP contribution in [0.5, 0.6) is 0 Å². The average molecular weight is 236 g/mol. The van der Waals surface area contributed by atoms with E-state index in [1.807, 2.05) is 0 Å². The highest BCUT2D eigenvalue weighted by molar-refractivity contribution is 5.77. The van der Waals surface area contributed by atoms with E-state index in [1.54, 1.807) is 0 Å². The molecule has 0 aromatic heterocycles. The van der Waals surface area contributed by atoms with E-state index in [1.165, 1.54) is 28.2 Å². The van der Waals surface area contributed by atoms with Gasteiger partial charge in [-0.1, -0.05) is 24.3 Å². The highest BCUT2D eigenvalue weighted by Crippen LogP contribution is 2.39. The Kier molecular flexibility index (Phi) is 2.10. The Morgan fingerprint density at radius 1 is 0.889 bits per heavy atom. The van der Waals surface area contributed by atoms with Gasteiger partial charge < -0.3 is 10.2 Å². The molecule has 0 unspecified atom stereocenters. The van der Waals surface area contributed by atoms with Crippen molar-refractivity contribution in [1.29, 1.82) is 0 Å². The number of hydrogen-bond acceptors (Lipinski definition) is 2. The zero-order valence-electron chi connectivity index (χ0n) is 10.3. The van der Waals surface area contributed by atoms with Crippen molar-refractivity contribution in [2.75, 3.05) is 23.3 Å². The maximum absolute atomic E-state index is 3.46. The normalized spacial score (nSPS) is 16.3. The summed E-state index contributed by atoms with van der Waals surface area (Å²) in [6.45, 7) is 2.18. The Labute approximate surface area is 107 Å². The van der Waals surface area contributed by atoms with Gasteiger partial charge in [0.25, 0.3) is 0 Å². The van der Waals surface area contributed by atoms with Crippen LogP contribution in [0.25, 0.3) is 0 Å². The summed E-state index contributed by atoms with van der Waals surface area (Å²) in [6.07, 6.45) is 2.30. The molecular weight excluding hydrogens is 220 g/mol. The van der Waals surface area contributed by atoms with E-state index in [0.29, 0.717) is 0 Å². The van der Waals surface area contributed by atoms with Crippen LogP contribution in [0.1, 0.15) is 11.1 Å². The summed E-state index contributed by atoms with van der Waals surface area (Å²) < 4.78 is 0. The van der Waals surface area contributed by atoms with Crippen molar-refractivity contribution >= 4 is 17.1 Å². The van der Waals surface area contributed by atoms with Crippen molar-refractivity contribution in [3.05, 3.63) is 53.6 Å². The van der Waals surface area contributed by atoms with Gasteiger partial charge in [-0.3, -0.25) is 0 Å². The smallest absolute Gasteiger partial charge is 0.0464 e. The average Bonchev–Trinajstić information content (AvgIpc) is 3.05. The van der Waals surface area contributed by atoms with E-state index in [9.17, 15) is 0 Å². The van der Waals surface area contributed by atoms with E-state index in [2.05, 4.69) is 52.7 Å². The molecular formula is C16H16N2. The molecule has 0 atom stereocenters. The van der Waals surface area contributed by atoms with Crippen LogP contribution >= 0.6 is 0 Å². The number of fused-ring (bicyclic) bond motifs is 2. The second-order valence-corrected chi connectivity index (χ2v) is 5.01. The van der Waals surface area contributed by atoms with Crippen LogP contribution in [-0.2, 0) is 12.8 Å². The first-order valence-electron chi connectivity index (χ1n) is 6.65. The van der Waals surface area contributed by atoms with Gasteiger partial charge in [-0.2, -0.15) is 0 Å². The number of benzene rings is 2. The Hall–Kier alpha value is -1.96. The SMILES string of the molecule is c1ccc2c(c1)CCN2c1cccc2c1CCN2. The minimum absolute atomic E-state index is 1.07. The maximum atomic E-state index is 3.46. The third-order valence-electron chi connectivity index (χ3n) is 4.02. The van der Waals surface area contributed by atoms with Crippen LogP contribution in [0.15, 0.2) is 42.5 Å². The third-order valence-corrected chi connectivity index (χ3v) is 4.02. The Morgan fingerprint density at radius 3 is 2.78 bits per heavy atom. The van der Waals surface area contributed by atoms with Gasteiger partial charge in [0.05, 0.1) is 0 Å². The Morgan fingerprint density at radius 2 is 1.78 bits per heavy atom. The van der Waals surface area contributed by atoms with Crippen molar-refractivity contribution in [3.63, 3.8) is 0 Å². The predicted molar refractivity (Wildman–Crippen MR) is 75.8 cm³/mol. The topological polar surface area (TPSA) is 15.3 Å². The van der Waals surface area contributed by atoms with E-state index >= 15 is 0 Å². The van der Waals surface area contributed by atoms with Gasteiger partial charge in [0.2, 0.25) is 0 Å². The van der Waals surface area contributed by atoms with Crippen LogP contribution in [-0.4, -0.2) is 13.1 Å². The van der Waals surface area contributed by atoms with Crippen LogP contribution in [0, 0.1) is 0 Å². The summed E-state index contributed by atoms with van der Waals surface area (Å²) in [5.74, 6) is 0. The fraction of sp³-hybridized carbons (Fsp3) is 0.250. The third kappa shape index (κ3) is 1.35. The molecule has 0 radical (unpaired) electrons. The Bertz CT molecular complexity index is 604. The molecule has 0 bridgehead atoms. The molecule has 90 valence electrons. The number of hydrogen-bond donors (Lipinski definition) is 1. The van der Waals surface area contributed by atoms with Gasteiger partial charge in [0, 0.05) is 35.7 Å². The van der Waals surface area contributed by atoms with Gasteiger partial charge in [-0.05, 0) is 36.6 Å². The molecule has 0 spiro atoms. The zero-order valence-corrected chi connectivity index (χ0v) is 10.3. The molecule has 0 saturated carbocycles. The minimum atomic E-state index is 1.07. The van der Waals surface area contributed by atoms with Gasteiger partial charge in [-0.25, -0.2) is 0 Å². The molecule has 2 aliphatic rings. The van der Waals surface area contributed by atoms with Crippen molar-refractivity contribution in [2.45, 2.75) is 12.8 Å². The number of nitrogens with zero attached hydrogens (tertiary/aromatic N) is 1. The van der Waals surface area contributed by atoms with Crippen LogP contribution < -0.4 is 10.2 Å². The number of nitrogens with one attached hydrogen (secondary N) is 1. The molecule has 18 heavy (non-hydrogen) atoms. The Balaban J connectivity index is 1.84. The number of rotatable bonds is 1. The van der Waals surface area contributed by atoms with Gasteiger partial charge in [-0.15, -0.1) is 0 Å². The van der Waals surface area contributed by atoms with E-state index in [4.69, 9.17) is 0 Å². The second-order valence-electron chi connectivity index (χ2n) is 5.01. The molecule has 0 fully saturated rings. The molecule has 1 N–H and O–H groups in total. The molecule has 2 aromatic rings. The van der Waals surface area contributed by atoms with Crippen LogP contribution in [0.3, 0.4) is 0 Å². The molecule has 4 rings (SSSR count). The summed E-state index contributed by atoms with van der Waals surface area (Å²) >= 11 is 0. The molecule has 0 aliphatic carbocycles. The zero-order chi connectivity index (χ0) is 11.9. The van der Waals surface area contributed by atoms with Crippen molar-refractivity contribution in [3.8, 4) is 0 Å².